The van der Waals surface area contributed by atoms with Crippen LogP contribution in [0, 0.1) is 6.92 Å². The molecule has 3 aromatic rings. The number of hydrogen-bond acceptors (Lipinski definition) is 5. The number of nitrogens with zero attached hydrogens (tertiary/aromatic N) is 3. The molecule has 0 unspecified atom stereocenters. The Kier molecular flexibility index (Phi) is 3.58. The van der Waals surface area contributed by atoms with E-state index in [4.69, 9.17) is 4.52 Å². The second kappa shape index (κ2) is 5.55. The van der Waals surface area contributed by atoms with Gasteiger partial charge in [-0.25, -0.2) is 9.97 Å². The minimum atomic E-state index is -0.251. The molecule has 0 aromatic carbocycles. The van der Waals surface area contributed by atoms with E-state index in [1.54, 1.807) is 31.3 Å². The molecule has 0 bridgehead atoms. The Morgan fingerprint density at radius 3 is 2.82 bits per heavy atom. The van der Waals surface area contributed by atoms with Crippen molar-refractivity contribution in [3.05, 3.63) is 47.4 Å². The zero-order valence-electron chi connectivity index (χ0n) is 12.6. The van der Waals surface area contributed by atoms with E-state index in [2.05, 4.69) is 20.4 Å². The third-order valence-corrected chi connectivity index (χ3v) is 3.38. The van der Waals surface area contributed by atoms with Crippen molar-refractivity contribution < 1.29 is 9.32 Å². The van der Waals surface area contributed by atoms with Crippen LogP contribution >= 0.6 is 0 Å². The van der Waals surface area contributed by atoms with Gasteiger partial charge in [0, 0.05) is 11.9 Å². The molecule has 0 saturated carbocycles. The standard InChI is InChI=1S/C16H16N4O2/c1-9(2)12-8-11(14-10(3)20-22-16(14)18-12)15(21)19-13-6-4-5-7-17-13/h4-9H,1-3H3,(H,17,19,21). The van der Waals surface area contributed by atoms with Gasteiger partial charge in [-0.3, -0.25) is 4.79 Å². The topological polar surface area (TPSA) is 80.9 Å². The average Bonchev–Trinajstić information content (AvgIpc) is 2.89. The Morgan fingerprint density at radius 2 is 2.14 bits per heavy atom. The second-order valence-electron chi connectivity index (χ2n) is 5.37. The van der Waals surface area contributed by atoms with Crippen LogP contribution in [0.15, 0.2) is 35.0 Å². The first-order chi connectivity index (χ1) is 10.6. The number of carbonyl (C=O) groups excluding carboxylic acids is 1. The molecule has 0 aliphatic carbocycles. The number of pyridine rings is 2. The van der Waals surface area contributed by atoms with Crippen molar-refractivity contribution >= 4 is 22.8 Å². The first-order valence-electron chi connectivity index (χ1n) is 7.05. The van der Waals surface area contributed by atoms with Crippen molar-refractivity contribution in [3.63, 3.8) is 0 Å². The molecule has 1 amide bonds. The molecule has 0 atom stereocenters. The summed E-state index contributed by atoms with van der Waals surface area (Å²) in [5.41, 5.74) is 2.31. The van der Waals surface area contributed by atoms with Gasteiger partial charge < -0.3 is 9.84 Å². The van der Waals surface area contributed by atoms with E-state index in [0.717, 1.165) is 5.69 Å². The number of rotatable bonds is 3. The van der Waals surface area contributed by atoms with Crippen LogP contribution in [0.1, 0.15) is 41.5 Å². The molecule has 0 radical (unpaired) electrons. The lowest BCUT2D eigenvalue weighted by Crippen LogP contribution is -2.14. The summed E-state index contributed by atoms with van der Waals surface area (Å²) in [7, 11) is 0. The SMILES string of the molecule is Cc1noc2nc(C(C)C)cc(C(=O)Nc3ccccn3)c12. The van der Waals surface area contributed by atoms with E-state index >= 15 is 0 Å². The van der Waals surface area contributed by atoms with Gasteiger partial charge in [-0.1, -0.05) is 25.1 Å². The van der Waals surface area contributed by atoms with E-state index < -0.39 is 0 Å². The van der Waals surface area contributed by atoms with Crippen molar-refractivity contribution in [3.8, 4) is 0 Å². The summed E-state index contributed by atoms with van der Waals surface area (Å²) in [5, 5.41) is 7.34. The van der Waals surface area contributed by atoms with Crippen molar-refractivity contribution in [2.45, 2.75) is 26.7 Å². The lowest BCUT2D eigenvalue weighted by molar-refractivity contribution is 0.102. The van der Waals surface area contributed by atoms with Crippen molar-refractivity contribution in [1.82, 2.24) is 15.1 Å². The van der Waals surface area contributed by atoms with Gasteiger partial charge in [-0.2, -0.15) is 0 Å². The van der Waals surface area contributed by atoms with Crippen molar-refractivity contribution in [1.29, 1.82) is 0 Å². The van der Waals surface area contributed by atoms with Crippen LogP contribution in [-0.2, 0) is 0 Å². The normalized spacial score (nSPS) is 11.1. The lowest BCUT2D eigenvalue weighted by Gasteiger charge is -2.09. The molecular formula is C16H16N4O2. The van der Waals surface area contributed by atoms with Crippen molar-refractivity contribution in [2.75, 3.05) is 5.32 Å². The molecule has 112 valence electrons. The van der Waals surface area contributed by atoms with Gasteiger partial charge in [0.2, 0.25) is 0 Å². The van der Waals surface area contributed by atoms with Gasteiger partial charge in [-0.05, 0) is 31.0 Å². The number of fused-ring (bicyclic) bond motifs is 1. The van der Waals surface area contributed by atoms with Gasteiger partial charge in [0.15, 0.2) is 0 Å². The Balaban J connectivity index is 2.08. The van der Waals surface area contributed by atoms with E-state index in [1.165, 1.54) is 0 Å². The maximum atomic E-state index is 12.6. The summed E-state index contributed by atoms with van der Waals surface area (Å²) < 4.78 is 5.22. The van der Waals surface area contributed by atoms with Gasteiger partial charge in [0.1, 0.15) is 5.82 Å². The molecule has 3 rings (SSSR count). The molecule has 3 aromatic heterocycles. The fourth-order valence-corrected chi connectivity index (χ4v) is 2.21. The Labute approximate surface area is 127 Å². The number of aromatic nitrogens is 3. The van der Waals surface area contributed by atoms with Crippen LogP contribution in [0.5, 0.6) is 0 Å². The zero-order chi connectivity index (χ0) is 15.7. The second-order valence-corrected chi connectivity index (χ2v) is 5.37. The minimum absolute atomic E-state index is 0.177. The van der Waals surface area contributed by atoms with Crippen LogP contribution in [0.4, 0.5) is 5.82 Å². The van der Waals surface area contributed by atoms with E-state index in [9.17, 15) is 4.79 Å². The molecule has 0 spiro atoms. The number of carbonyl (C=O) groups is 1. The van der Waals surface area contributed by atoms with Crippen LogP contribution in [-0.4, -0.2) is 21.0 Å². The maximum absolute atomic E-state index is 12.6. The Morgan fingerprint density at radius 1 is 1.32 bits per heavy atom. The molecule has 0 aliphatic rings. The number of anilines is 1. The van der Waals surface area contributed by atoms with Gasteiger partial charge in [0.25, 0.3) is 11.6 Å². The van der Waals surface area contributed by atoms with E-state index in [-0.39, 0.29) is 11.8 Å². The highest BCUT2D eigenvalue weighted by Gasteiger charge is 2.20. The first kappa shape index (κ1) is 14.2. The monoisotopic (exact) mass is 296 g/mol. The van der Waals surface area contributed by atoms with Crippen LogP contribution in [0.25, 0.3) is 11.1 Å². The van der Waals surface area contributed by atoms with Crippen LogP contribution < -0.4 is 5.32 Å². The largest absolute Gasteiger partial charge is 0.336 e. The molecule has 0 saturated heterocycles. The highest BCUT2D eigenvalue weighted by atomic mass is 16.5. The number of hydrogen-bond donors (Lipinski definition) is 1. The predicted molar refractivity (Wildman–Crippen MR) is 82.8 cm³/mol. The smallest absolute Gasteiger partial charge is 0.259 e. The number of aryl methyl sites for hydroxylation is 1. The maximum Gasteiger partial charge on any atom is 0.259 e. The number of nitrogens with one attached hydrogen (secondary N) is 1. The molecule has 1 N–H and O–H groups in total. The van der Waals surface area contributed by atoms with E-state index in [1.807, 2.05) is 19.9 Å². The van der Waals surface area contributed by atoms with Gasteiger partial charge in [0.05, 0.1) is 16.6 Å². The summed E-state index contributed by atoms with van der Waals surface area (Å²) in [6.07, 6.45) is 1.63. The molecule has 0 aliphatic heterocycles. The lowest BCUT2D eigenvalue weighted by atomic mass is 10.0. The first-order valence-corrected chi connectivity index (χ1v) is 7.05. The summed E-state index contributed by atoms with van der Waals surface area (Å²) in [4.78, 5) is 21.1. The quantitative estimate of drug-likeness (QED) is 0.802. The molecule has 0 fully saturated rings. The molecular weight excluding hydrogens is 280 g/mol. The minimum Gasteiger partial charge on any atom is -0.336 e. The molecule has 22 heavy (non-hydrogen) atoms. The van der Waals surface area contributed by atoms with Crippen LogP contribution in [0.3, 0.4) is 0 Å². The predicted octanol–water partition coefficient (Wildman–Crippen LogP) is 3.30. The summed E-state index contributed by atoms with van der Waals surface area (Å²) in [6.45, 7) is 5.82. The van der Waals surface area contributed by atoms with Crippen molar-refractivity contribution in [2.24, 2.45) is 0 Å². The highest BCUT2D eigenvalue weighted by molar-refractivity contribution is 6.12. The third kappa shape index (κ3) is 2.55. The highest BCUT2D eigenvalue weighted by Crippen LogP contribution is 2.25. The Bertz CT molecular complexity index is 825. The van der Waals surface area contributed by atoms with Gasteiger partial charge >= 0.3 is 0 Å². The fraction of sp³-hybridized carbons (Fsp3) is 0.250. The molecule has 6 nitrogen and oxygen atoms in total. The fourth-order valence-electron chi connectivity index (χ4n) is 2.21. The number of amides is 1. The summed E-state index contributed by atoms with van der Waals surface area (Å²) >= 11 is 0. The summed E-state index contributed by atoms with van der Waals surface area (Å²) in [6, 6.07) is 7.13. The van der Waals surface area contributed by atoms with Gasteiger partial charge in [-0.15, -0.1) is 0 Å². The average molecular weight is 296 g/mol. The summed E-state index contributed by atoms with van der Waals surface area (Å²) in [5.74, 6) is 0.424. The zero-order valence-corrected chi connectivity index (χ0v) is 12.6. The third-order valence-electron chi connectivity index (χ3n) is 3.38. The molecule has 6 heteroatoms. The Hall–Kier alpha value is -2.76. The van der Waals surface area contributed by atoms with Crippen LogP contribution in [0.2, 0.25) is 0 Å². The molecule has 3 heterocycles. The van der Waals surface area contributed by atoms with E-state index in [0.29, 0.717) is 28.2 Å².